The molecule has 552 valence electrons. The van der Waals surface area contributed by atoms with Crippen molar-refractivity contribution in [1.29, 1.82) is 0 Å². The van der Waals surface area contributed by atoms with E-state index in [-0.39, 0.29) is 25.7 Å². The topological polar surface area (TPSA) is 237 Å². The van der Waals surface area contributed by atoms with Gasteiger partial charge in [-0.2, -0.15) is 0 Å². The van der Waals surface area contributed by atoms with Crippen LogP contribution in [0.4, 0.5) is 0 Å². The molecule has 0 heterocycles. The lowest BCUT2D eigenvalue weighted by atomic mass is 10.0. The normalized spacial score (nSPS) is 14.1. The summed E-state index contributed by atoms with van der Waals surface area (Å²) in [6.45, 7) is 9.52. The molecule has 0 amide bonds. The summed E-state index contributed by atoms with van der Waals surface area (Å²) in [7, 11) is -9.90. The fourth-order valence-electron chi connectivity index (χ4n) is 11.3. The van der Waals surface area contributed by atoms with Crippen LogP contribution in [0.15, 0.2) is 0 Å². The molecule has 0 saturated heterocycles. The van der Waals surface area contributed by atoms with Crippen molar-refractivity contribution in [1.82, 2.24) is 0 Å². The molecule has 0 aromatic carbocycles. The number of aliphatic hydroxyl groups excluding tert-OH is 1. The van der Waals surface area contributed by atoms with Gasteiger partial charge >= 0.3 is 39.5 Å². The quantitative estimate of drug-likeness (QED) is 0.0222. The van der Waals surface area contributed by atoms with Crippen molar-refractivity contribution in [3.8, 4) is 0 Å². The molecular formula is C74H144O17P2. The molecule has 0 fully saturated rings. The van der Waals surface area contributed by atoms with E-state index >= 15 is 0 Å². The zero-order chi connectivity index (χ0) is 68.6. The number of ether oxygens (including phenoxy) is 4. The second-order valence-electron chi connectivity index (χ2n) is 27.6. The number of rotatable bonds is 73. The van der Waals surface area contributed by atoms with Crippen molar-refractivity contribution in [3.63, 3.8) is 0 Å². The monoisotopic (exact) mass is 1370 g/mol. The van der Waals surface area contributed by atoms with Crippen molar-refractivity contribution < 1.29 is 80.2 Å². The van der Waals surface area contributed by atoms with E-state index in [1.807, 2.05) is 0 Å². The van der Waals surface area contributed by atoms with Gasteiger partial charge in [-0.25, -0.2) is 9.13 Å². The minimum atomic E-state index is -4.96. The summed E-state index contributed by atoms with van der Waals surface area (Å²) in [5.74, 6) is -0.644. The maximum atomic E-state index is 13.1. The average Bonchev–Trinajstić information content (AvgIpc) is 3.16. The summed E-state index contributed by atoms with van der Waals surface area (Å²) in [6, 6.07) is 0. The molecule has 0 aliphatic rings. The molecule has 0 radical (unpaired) electrons. The zero-order valence-corrected chi connectivity index (χ0v) is 62.3. The molecule has 5 atom stereocenters. The van der Waals surface area contributed by atoms with Crippen LogP contribution in [0.25, 0.3) is 0 Å². The highest BCUT2D eigenvalue weighted by Crippen LogP contribution is 2.45. The molecule has 0 rings (SSSR count). The van der Waals surface area contributed by atoms with Gasteiger partial charge in [-0.3, -0.25) is 37.3 Å². The van der Waals surface area contributed by atoms with Gasteiger partial charge in [-0.05, 0) is 37.5 Å². The lowest BCUT2D eigenvalue weighted by Gasteiger charge is -2.21. The van der Waals surface area contributed by atoms with Crippen LogP contribution in [0, 0.1) is 11.8 Å². The number of aliphatic hydroxyl groups is 1. The van der Waals surface area contributed by atoms with E-state index in [9.17, 15) is 43.2 Å². The number of phosphoric acid groups is 2. The van der Waals surface area contributed by atoms with Gasteiger partial charge in [0.2, 0.25) is 0 Å². The highest BCUT2D eigenvalue weighted by atomic mass is 31.2. The van der Waals surface area contributed by atoms with Gasteiger partial charge in [-0.1, -0.05) is 330 Å². The number of esters is 4. The first-order valence-corrected chi connectivity index (χ1v) is 41.5. The summed E-state index contributed by atoms with van der Waals surface area (Å²) < 4.78 is 68.4. The molecule has 0 aliphatic heterocycles. The summed E-state index contributed by atoms with van der Waals surface area (Å²) in [5.41, 5.74) is 0. The minimum Gasteiger partial charge on any atom is -0.462 e. The first-order chi connectivity index (χ1) is 44.9. The first kappa shape index (κ1) is 91.1. The predicted molar refractivity (Wildman–Crippen MR) is 377 cm³/mol. The number of carbonyl (C=O) groups excluding carboxylic acids is 4. The molecule has 0 spiro atoms. The molecule has 2 unspecified atom stereocenters. The Balaban J connectivity index is 5.22. The van der Waals surface area contributed by atoms with Crippen LogP contribution in [0.1, 0.15) is 382 Å². The van der Waals surface area contributed by atoms with E-state index in [1.165, 1.54) is 193 Å². The van der Waals surface area contributed by atoms with Crippen molar-refractivity contribution in [2.45, 2.75) is 400 Å². The summed E-state index contributed by atoms with van der Waals surface area (Å²) in [4.78, 5) is 72.7. The minimum absolute atomic E-state index is 0.106. The maximum absolute atomic E-state index is 13.1. The molecule has 17 nitrogen and oxygen atoms in total. The first-order valence-electron chi connectivity index (χ1n) is 38.5. The summed E-state index contributed by atoms with van der Waals surface area (Å²) in [5, 5.41) is 10.6. The number of carbonyl (C=O) groups is 4. The molecule has 0 aromatic rings. The Kier molecular flexibility index (Phi) is 64.6. The highest BCUT2D eigenvalue weighted by molar-refractivity contribution is 7.47. The number of hydrogen-bond donors (Lipinski definition) is 3. The van der Waals surface area contributed by atoms with Crippen molar-refractivity contribution in [2.24, 2.45) is 11.8 Å². The number of unbranched alkanes of at least 4 members (excludes halogenated alkanes) is 43. The van der Waals surface area contributed by atoms with Gasteiger partial charge in [0, 0.05) is 25.7 Å². The van der Waals surface area contributed by atoms with E-state index in [1.54, 1.807) is 0 Å². The van der Waals surface area contributed by atoms with Crippen molar-refractivity contribution >= 4 is 39.5 Å². The Bertz CT molecular complexity index is 1800. The molecule has 0 aromatic heterocycles. The van der Waals surface area contributed by atoms with Crippen molar-refractivity contribution in [3.05, 3.63) is 0 Å². The number of hydrogen-bond acceptors (Lipinski definition) is 15. The van der Waals surface area contributed by atoms with E-state index in [0.29, 0.717) is 31.6 Å². The molecular weight excluding hydrogens is 1220 g/mol. The Labute approximate surface area is 568 Å². The second kappa shape index (κ2) is 66.0. The fraction of sp³-hybridized carbons (Fsp3) is 0.946. The van der Waals surface area contributed by atoms with Crippen molar-refractivity contribution in [2.75, 3.05) is 39.6 Å². The Morgan fingerprint density at radius 2 is 0.495 bits per heavy atom. The summed E-state index contributed by atoms with van der Waals surface area (Å²) >= 11 is 0. The van der Waals surface area contributed by atoms with Crippen LogP contribution in [0.5, 0.6) is 0 Å². The van der Waals surface area contributed by atoms with Crippen LogP contribution < -0.4 is 0 Å². The van der Waals surface area contributed by atoms with Gasteiger partial charge in [-0.15, -0.1) is 0 Å². The van der Waals surface area contributed by atoms with Crippen LogP contribution in [-0.2, 0) is 65.4 Å². The standard InChI is InChI=1S/C74H144O17P2/c1-7-9-11-13-15-17-19-20-21-22-26-30-33-37-44-50-56-71(76)84-62-69(90-74(79)59-53-47-39-35-31-27-24-23-25-29-32-36-42-48-54-66(3)4)64-88-92(80,81)86-60-68(75)61-87-93(82,83)89-65-70(63-85-72(77)57-51-45-41-40-43-49-55-67(5)6)91-73(78)58-52-46-38-34-28-18-16-14-12-10-8-2/h66-70,75H,7-65H2,1-6H3,(H,80,81)(H,82,83)/t68-,69-,70-/m1/s1. The van der Waals surface area contributed by atoms with E-state index < -0.39 is 97.5 Å². The third kappa shape index (κ3) is 68.4. The summed E-state index contributed by atoms with van der Waals surface area (Å²) in [6.07, 6.45) is 52.8. The Morgan fingerprint density at radius 3 is 0.731 bits per heavy atom. The molecule has 0 bridgehead atoms. The van der Waals surface area contributed by atoms with E-state index in [2.05, 4.69) is 41.5 Å². The van der Waals surface area contributed by atoms with Crippen LogP contribution in [-0.4, -0.2) is 96.7 Å². The van der Waals surface area contributed by atoms with Gasteiger partial charge in [0.05, 0.1) is 26.4 Å². The zero-order valence-electron chi connectivity index (χ0n) is 60.6. The van der Waals surface area contributed by atoms with E-state index in [4.69, 9.17) is 37.0 Å². The van der Waals surface area contributed by atoms with Crippen LogP contribution in [0.2, 0.25) is 0 Å². The van der Waals surface area contributed by atoms with Gasteiger partial charge in [0.15, 0.2) is 12.2 Å². The Hall–Kier alpha value is -1.94. The smallest absolute Gasteiger partial charge is 0.462 e. The van der Waals surface area contributed by atoms with Crippen LogP contribution >= 0.6 is 15.6 Å². The van der Waals surface area contributed by atoms with Crippen LogP contribution in [0.3, 0.4) is 0 Å². The molecule has 93 heavy (non-hydrogen) atoms. The largest absolute Gasteiger partial charge is 0.472 e. The third-order valence-electron chi connectivity index (χ3n) is 17.2. The lowest BCUT2D eigenvalue weighted by molar-refractivity contribution is -0.161. The van der Waals surface area contributed by atoms with E-state index in [0.717, 1.165) is 102 Å². The van der Waals surface area contributed by atoms with Gasteiger partial charge < -0.3 is 33.8 Å². The molecule has 0 aliphatic carbocycles. The number of phosphoric ester groups is 2. The molecule has 0 saturated carbocycles. The maximum Gasteiger partial charge on any atom is 0.472 e. The van der Waals surface area contributed by atoms with Gasteiger partial charge in [0.25, 0.3) is 0 Å². The van der Waals surface area contributed by atoms with Gasteiger partial charge in [0.1, 0.15) is 19.3 Å². The highest BCUT2D eigenvalue weighted by Gasteiger charge is 2.30. The second-order valence-corrected chi connectivity index (χ2v) is 30.5. The third-order valence-corrected chi connectivity index (χ3v) is 19.1. The fourth-order valence-corrected chi connectivity index (χ4v) is 12.9. The molecule has 19 heteroatoms. The lowest BCUT2D eigenvalue weighted by Crippen LogP contribution is -2.30. The molecule has 3 N–H and O–H groups in total. The Morgan fingerprint density at radius 1 is 0.290 bits per heavy atom. The average molecular weight is 1370 g/mol. The SMILES string of the molecule is CCCCCCCCCCCCCCCCCCC(=O)OC[C@H](COP(=O)(O)OC[C@@H](O)COP(=O)(O)OC[C@@H](COC(=O)CCCCCCCCC(C)C)OC(=O)CCCCCCCCCCCCC)OC(=O)CCCCCCCCCCCCCCCCC(C)C. The predicted octanol–water partition coefficient (Wildman–Crippen LogP) is 21.6.